The Morgan fingerprint density at radius 2 is 2.10 bits per heavy atom. The predicted molar refractivity (Wildman–Crippen MR) is 86.0 cm³/mol. The number of rotatable bonds is 7. The highest BCUT2D eigenvalue weighted by Gasteiger charge is 2.19. The van der Waals surface area contributed by atoms with Gasteiger partial charge in [-0.25, -0.2) is 9.37 Å². The molecule has 1 saturated carbocycles. The monoisotopic (exact) mass is 293 g/mol. The lowest BCUT2D eigenvalue weighted by molar-refractivity contribution is 0.360. The third-order valence-electron chi connectivity index (χ3n) is 4.31. The largest absolute Gasteiger partial charge is 0.357 e. The predicted octanol–water partition coefficient (Wildman–Crippen LogP) is 3.74. The van der Waals surface area contributed by atoms with Crippen molar-refractivity contribution >= 4 is 5.82 Å². The topological polar surface area (TPSA) is 28.2 Å². The van der Waals surface area contributed by atoms with E-state index >= 15 is 0 Å². The van der Waals surface area contributed by atoms with Crippen molar-refractivity contribution in [3.05, 3.63) is 23.6 Å². The summed E-state index contributed by atoms with van der Waals surface area (Å²) in [6, 6.07) is 1.77. The molecule has 1 aliphatic rings. The summed E-state index contributed by atoms with van der Waals surface area (Å²) in [7, 11) is 1.96. The van der Waals surface area contributed by atoms with Crippen LogP contribution in [0.15, 0.2) is 12.3 Å². The molecule has 1 aromatic rings. The minimum Gasteiger partial charge on any atom is -0.357 e. The molecule has 0 spiro atoms. The average molecular weight is 293 g/mol. The first-order chi connectivity index (χ1) is 10.2. The quantitative estimate of drug-likeness (QED) is 0.776. The summed E-state index contributed by atoms with van der Waals surface area (Å²) in [6.45, 7) is 4.51. The summed E-state index contributed by atoms with van der Waals surface area (Å²) in [4.78, 5) is 6.25. The van der Waals surface area contributed by atoms with Crippen LogP contribution in [0.1, 0.15) is 51.0 Å². The molecule has 0 unspecified atom stereocenters. The van der Waals surface area contributed by atoms with Gasteiger partial charge in [-0.3, -0.25) is 0 Å². The molecule has 1 N–H and O–H groups in total. The fourth-order valence-electron chi connectivity index (χ4n) is 3.12. The zero-order valence-electron chi connectivity index (χ0n) is 13.4. The number of pyridine rings is 1. The lowest BCUT2D eigenvalue weighted by atomic mass is 9.89. The normalized spacial score (nSPS) is 16.1. The Kier molecular flexibility index (Phi) is 6.43. The van der Waals surface area contributed by atoms with Crippen LogP contribution < -0.4 is 10.2 Å². The van der Waals surface area contributed by atoms with Crippen LogP contribution in [0.4, 0.5) is 10.2 Å². The molecule has 0 aromatic carbocycles. The summed E-state index contributed by atoms with van der Waals surface area (Å²) in [5.41, 5.74) is 0.712. The van der Waals surface area contributed by atoms with E-state index < -0.39 is 0 Å². The smallest absolute Gasteiger partial charge is 0.170 e. The van der Waals surface area contributed by atoms with E-state index in [1.54, 1.807) is 12.3 Å². The third kappa shape index (κ3) is 4.67. The van der Waals surface area contributed by atoms with Crippen molar-refractivity contribution < 1.29 is 4.39 Å². The maximum Gasteiger partial charge on any atom is 0.170 e. The van der Waals surface area contributed by atoms with E-state index in [-0.39, 0.29) is 5.82 Å². The Morgan fingerprint density at radius 1 is 1.33 bits per heavy atom. The minimum absolute atomic E-state index is 0.167. The first-order valence-electron chi connectivity index (χ1n) is 8.27. The Hall–Kier alpha value is -1.16. The van der Waals surface area contributed by atoms with Crippen LogP contribution in [0.25, 0.3) is 0 Å². The van der Waals surface area contributed by atoms with Crippen molar-refractivity contribution in [2.24, 2.45) is 5.92 Å². The lowest BCUT2D eigenvalue weighted by Gasteiger charge is -2.28. The van der Waals surface area contributed by atoms with Gasteiger partial charge >= 0.3 is 0 Å². The van der Waals surface area contributed by atoms with E-state index in [1.807, 2.05) is 11.9 Å². The Bertz CT molecular complexity index is 430. The molecule has 1 fully saturated rings. The number of hydrogen-bond acceptors (Lipinski definition) is 3. The maximum absolute atomic E-state index is 14.6. The van der Waals surface area contributed by atoms with Crippen LogP contribution in [0, 0.1) is 11.7 Å². The summed E-state index contributed by atoms with van der Waals surface area (Å²) in [6.07, 6.45) is 9.30. The molecule has 0 aliphatic heterocycles. The van der Waals surface area contributed by atoms with Crippen LogP contribution in [0.5, 0.6) is 0 Å². The summed E-state index contributed by atoms with van der Waals surface area (Å²) >= 11 is 0. The average Bonchev–Trinajstić information content (AvgIpc) is 2.50. The third-order valence-corrected chi connectivity index (χ3v) is 4.31. The molecule has 0 radical (unpaired) electrons. The van der Waals surface area contributed by atoms with E-state index in [2.05, 4.69) is 17.2 Å². The second-order valence-corrected chi connectivity index (χ2v) is 6.17. The van der Waals surface area contributed by atoms with Crippen molar-refractivity contribution in [1.82, 2.24) is 10.3 Å². The standard InChI is InChI=1S/C17H28FN3/c1-3-10-19-12-15-9-11-20-17(16(15)18)21(2)13-14-7-5-4-6-8-14/h9,11,14,19H,3-8,10,12-13H2,1-2H3. The molecule has 4 heteroatoms. The first-order valence-corrected chi connectivity index (χ1v) is 8.27. The molecular weight excluding hydrogens is 265 g/mol. The second-order valence-electron chi connectivity index (χ2n) is 6.17. The van der Waals surface area contributed by atoms with Gasteiger partial charge in [-0.2, -0.15) is 0 Å². The van der Waals surface area contributed by atoms with Crippen molar-refractivity contribution in [3.8, 4) is 0 Å². The Balaban J connectivity index is 1.98. The molecule has 2 rings (SSSR count). The van der Waals surface area contributed by atoms with Gasteiger partial charge in [0.2, 0.25) is 0 Å². The van der Waals surface area contributed by atoms with Gasteiger partial charge in [0.05, 0.1) is 0 Å². The van der Waals surface area contributed by atoms with Crippen LogP contribution in [-0.4, -0.2) is 25.1 Å². The highest BCUT2D eigenvalue weighted by molar-refractivity contribution is 5.42. The molecule has 1 aliphatic carbocycles. The van der Waals surface area contributed by atoms with Crippen molar-refractivity contribution in [3.63, 3.8) is 0 Å². The van der Waals surface area contributed by atoms with Crippen LogP contribution >= 0.6 is 0 Å². The SMILES string of the molecule is CCCNCc1ccnc(N(C)CC2CCCCC2)c1F. The molecule has 0 atom stereocenters. The number of halogens is 1. The summed E-state index contributed by atoms with van der Waals surface area (Å²) in [5.74, 6) is 1.02. The van der Waals surface area contributed by atoms with Gasteiger partial charge in [-0.1, -0.05) is 26.2 Å². The number of aromatic nitrogens is 1. The Labute approximate surface area is 127 Å². The fraction of sp³-hybridized carbons (Fsp3) is 0.706. The second kappa shape index (κ2) is 8.32. The van der Waals surface area contributed by atoms with Gasteiger partial charge in [-0.15, -0.1) is 0 Å². The van der Waals surface area contributed by atoms with Crippen LogP contribution in [0.2, 0.25) is 0 Å². The molecule has 3 nitrogen and oxygen atoms in total. The van der Waals surface area contributed by atoms with E-state index in [0.717, 1.165) is 19.5 Å². The maximum atomic E-state index is 14.6. The number of nitrogens with one attached hydrogen (secondary N) is 1. The Morgan fingerprint density at radius 3 is 2.81 bits per heavy atom. The number of anilines is 1. The van der Waals surface area contributed by atoms with Gasteiger partial charge in [0, 0.05) is 31.9 Å². The molecule has 0 amide bonds. The molecule has 1 heterocycles. The van der Waals surface area contributed by atoms with Crippen molar-refractivity contribution in [2.75, 3.05) is 25.0 Å². The molecule has 0 bridgehead atoms. The van der Waals surface area contributed by atoms with Gasteiger partial charge in [0.25, 0.3) is 0 Å². The van der Waals surface area contributed by atoms with E-state index in [9.17, 15) is 4.39 Å². The zero-order chi connectivity index (χ0) is 15.1. The minimum atomic E-state index is -0.167. The molecule has 1 aromatic heterocycles. The molecule has 0 saturated heterocycles. The van der Waals surface area contributed by atoms with Crippen LogP contribution in [0.3, 0.4) is 0 Å². The van der Waals surface area contributed by atoms with Gasteiger partial charge in [0.15, 0.2) is 11.6 Å². The summed E-state index contributed by atoms with van der Waals surface area (Å²) in [5, 5.41) is 3.25. The van der Waals surface area contributed by atoms with Gasteiger partial charge in [0.1, 0.15) is 0 Å². The molecular formula is C17H28FN3. The number of nitrogens with zero attached hydrogens (tertiary/aromatic N) is 2. The zero-order valence-corrected chi connectivity index (χ0v) is 13.4. The highest BCUT2D eigenvalue weighted by atomic mass is 19.1. The highest BCUT2D eigenvalue weighted by Crippen LogP contribution is 2.26. The van der Waals surface area contributed by atoms with E-state index in [4.69, 9.17) is 0 Å². The molecule has 118 valence electrons. The van der Waals surface area contributed by atoms with Crippen LogP contribution in [-0.2, 0) is 6.54 Å². The fourth-order valence-corrected chi connectivity index (χ4v) is 3.12. The van der Waals surface area contributed by atoms with Gasteiger partial charge < -0.3 is 10.2 Å². The van der Waals surface area contributed by atoms with Crippen molar-refractivity contribution in [1.29, 1.82) is 0 Å². The summed E-state index contributed by atoms with van der Waals surface area (Å²) < 4.78 is 14.6. The molecule has 21 heavy (non-hydrogen) atoms. The first kappa shape index (κ1) is 16.2. The lowest BCUT2D eigenvalue weighted by Crippen LogP contribution is -2.28. The van der Waals surface area contributed by atoms with Gasteiger partial charge in [-0.05, 0) is 37.8 Å². The number of hydrogen-bond donors (Lipinski definition) is 1. The van der Waals surface area contributed by atoms with E-state index in [1.165, 1.54) is 32.1 Å². The van der Waals surface area contributed by atoms with Crippen molar-refractivity contribution in [2.45, 2.75) is 52.0 Å². The van der Waals surface area contributed by atoms with E-state index in [0.29, 0.717) is 23.8 Å².